The van der Waals surface area contributed by atoms with Crippen LogP contribution < -0.4 is 8.92 Å². The first kappa shape index (κ1) is 24.8. The maximum absolute atomic E-state index is 12.8. The molecule has 35 heavy (non-hydrogen) atoms. The van der Waals surface area contributed by atoms with Gasteiger partial charge in [0.15, 0.2) is 11.5 Å². The molecule has 0 bridgehead atoms. The zero-order chi connectivity index (χ0) is 25.0. The standard InChI is InChI=1S/C23H22N2O8S2/c1-31-18-8-7-16(13-19(18)33-35(29,30)17-5-3-2-4-6-17)14-20-22(27)25(23(28)34-20)15-21(26)24-9-11-32-12-10-24/h2-8,13-14H,9-12,15H2,1H3/b20-14-. The van der Waals surface area contributed by atoms with Crippen LogP contribution in [0.25, 0.3) is 6.08 Å². The molecule has 2 aliphatic rings. The van der Waals surface area contributed by atoms with Crippen LogP contribution in [0.15, 0.2) is 58.3 Å². The van der Waals surface area contributed by atoms with Crippen molar-refractivity contribution in [2.75, 3.05) is 40.0 Å². The van der Waals surface area contributed by atoms with Crippen molar-refractivity contribution in [1.82, 2.24) is 9.80 Å². The quantitative estimate of drug-likeness (QED) is 0.402. The predicted molar refractivity (Wildman–Crippen MR) is 127 cm³/mol. The van der Waals surface area contributed by atoms with E-state index in [9.17, 15) is 22.8 Å². The Labute approximate surface area is 206 Å². The number of morpholine rings is 1. The molecule has 2 aromatic carbocycles. The molecule has 2 aliphatic heterocycles. The van der Waals surface area contributed by atoms with Gasteiger partial charge in [0.25, 0.3) is 11.1 Å². The van der Waals surface area contributed by atoms with Crippen LogP contribution >= 0.6 is 11.8 Å². The van der Waals surface area contributed by atoms with Gasteiger partial charge in [-0.15, -0.1) is 0 Å². The van der Waals surface area contributed by atoms with Crippen LogP contribution in [0.4, 0.5) is 4.79 Å². The number of benzene rings is 2. The van der Waals surface area contributed by atoms with Gasteiger partial charge in [0, 0.05) is 13.1 Å². The minimum absolute atomic E-state index is 0.0292. The molecular weight excluding hydrogens is 496 g/mol. The summed E-state index contributed by atoms with van der Waals surface area (Å²) < 4.78 is 41.0. The second kappa shape index (κ2) is 10.5. The summed E-state index contributed by atoms with van der Waals surface area (Å²) >= 11 is 0.704. The van der Waals surface area contributed by atoms with Gasteiger partial charge in [-0.3, -0.25) is 19.3 Å². The van der Waals surface area contributed by atoms with Crippen LogP contribution in [0.5, 0.6) is 11.5 Å². The number of amides is 3. The number of nitrogens with zero attached hydrogens (tertiary/aromatic N) is 2. The van der Waals surface area contributed by atoms with Crippen LogP contribution in [0.2, 0.25) is 0 Å². The van der Waals surface area contributed by atoms with Gasteiger partial charge in [-0.05, 0) is 47.7 Å². The van der Waals surface area contributed by atoms with Crippen molar-refractivity contribution in [2.45, 2.75) is 4.90 Å². The first-order valence-corrected chi connectivity index (χ1v) is 12.8. The zero-order valence-corrected chi connectivity index (χ0v) is 20.3. The highest BCUT2D eigenvalue weighted by Crippen LogP contribution is 2.35. The maximum Gasteiger partial charge on any atom is 0.339 e. The molecule has 0 atom stereocenters. The van der Waals surface area contributed by atoms with Crippen molar-refractivity contribution in [3.05, 3.63) is 59.0 Å². The molecule has 0 radical (unpaired) electrons. The third-order valence-corrected chi connectivity index (χ3v) is 7.40. The lowest BCUT2D eigenvalue weighted by Gasteiger charge is -2.28. The summed E-state index contributed by atoms with van der Waals surface area (Å²) in [5.41, 5.74) is 0.411. The van der Waals surface area contributed by atoms with E-state index in [1.54, 1.807) is 29.2 Å². The number of hydrogen-bond donors (Lipinski definition) is 0. The van der Waals surface area contributed by atoms with Gasteiger partial charge in [0.2, 0.25) is 5.91 Å². The van der Waals surface area contributed by atoms with E-state index in [0.717, 1.165) is 4.90 Å². The molecule has 10 nitrogen and oxygen atoms in total. The van der Waals surface area contributed by atoms with E-state index >= 15 is 0 Å². The van der Waals surface area contributed by atoms with E-state index in [1.165, 1.54) is 37.5 Å². The lowest BCUT2D eigenvalue weighted by atomic mass is 10.2. The Morgan fingerprint density at radius 1 is 1.09 bits per heavy atom. The number of ether oxygens (including phenoxy) is 2. The highest BCUT2D eigenvalue weighted by molar-refractivity contribution is 8.18. The zero-order valence-electron chi connectivity index (χ0n) is 18.7. The number of thioether (sulfide) groups is 1. The Hall–Kier alpha value is -3.35. The summed E-state index contributed by atoms with van der Waals surface area (Å²) in [5, 5.41) is -0.556. The fraction of sp³-hybridized carbons (Fsp3) is 0.261. The molecule has 3 amide bonds. The molecule has 0 aromatic heterocycles. The van der Waals surface area contributed by atoms with Crippen LogP contribution in [0.1, 0.15) is 5.56 Å². The van der Waals surface area contributed by atoms with E-state index < -0.39 is 21.3 Å². The maximum atomic E-state index is 12.8. The van der Waals surface area contributed by atoms with Gasteiger partial charge >= 0.3 is 10.1 Å². The summed E-state index contributed by atoms with van der Waals surface area (Å²) in [5.74, 6) is -0.836. The molecule has 0 N–H and O–H groups in total. The minimum atomic E-state index is -4.13. The highest BCUT2D eigenvalue weighted by Gasteiger charge is 2.37. The van der Waals surface area contributed by atoms with Gasteiger partial charge in [-0.1, -0.05) is 24.3 Å². The van der Waals surface area contributed by atoms with Crippen molar-refractivity contribution in [2.24, 2.45) is 0 Å². The fourth-order valence-electron chi connectivity index (χ4n) is 3.44. The summed E-state index contributed by atoms with van der Waals surface area (Å²) in [6.07, 6.45) is 1.44. The van der Waals surface area contributed by atoms with Crippen molar-refractivity contribution < 1.29 is 36.5 Å². The average Bonchev–Trinajstić information content (AvgIpc) is 3.12. The largest absolute Gasteiger partial charge is 0.493 e. The molecule has 0 aliphatic carbocycles. The van der Waals surface area contributed by atoms with Crippen LogP contribution in [0, 0.1) is 0 Å². The topological polar surface area (TPSA) is 120 Å². The summed E-state index contributed by atoms with van der Waals surface area (Å²) in [6, 6.07) is 12.1. The van der Waals surface area contributed by atoms with Crippen molar-refractivity contribution in [1.29, 1.82) is 0 Å². The Morgan fingerprint density at radius 3 is 2.49 bits per heavy atom. The van der Waals surface area contributed by atoms with E-state index in [0.29, 0.717) is 43.6 Å². The van der Waals surface area contributed by atoms with Gasteiger partial charge in [-0.25, -0.2) is 0 Å². The molecule has 184 valence electrons. The SMILES string of the molecule is COc1ccc(/C=C2\SC(=O)N(CC(=O)N3CCOCC3)C2=O)cc1OS(=O)(=O)c1ccccc1. The van der Waals surface area contributed by atoms with Crippen LogP contribution in [-0.2, 0) is 24.4 Å². The smallest absolute Gasteiger partial charge is 0.339 e. The van der Waals surface area contributed by atoms with Crippen molar-refractivity contribution >= 4 is 45.0 Å². The summed E-state index contributed by atoms with van der Waals surface area (Å²) in [7, 11) is -2.76. The van der Waals surface area contributed by atoms with Crippen molar-refractivity contribution in [3.8, 4) is 11.5 Å². The Bertz CT molecular complexity index is 1270. The number of rotatable bonds is 7. The van der Waals surface area contributed by atoms with Crippen LogP contribution in [-0.4, -0.2) is 75.2 Å². The van der Waals surface area contributed by atoms with Gasteiger partial charge < -0.3 is 18.6 Å². The van der Waals surface area contributed by atoms with Gasteiger partial charge in [-0.2, -0.15) is 8.42 Å². The summed E-state index contributed by atoms with van der Waals surface area (Å²) in [6.45, 7) is 1.29. The molecule has 12 heteroatoms. The molecule has 4 rings (SSSR count). The first-order chi connectivity index (χ1) is 16.8. The number of hydrogen-bond acceptors (Lipinski definition) is 9. The Balaban J connectivity index is 1.53. The average molecular weight is 519 g/mol. The fourth-order valence-corrected chi connectivity index (χ4v) is 5.23. The second-order valence-corrected chi connectivity index (χ2v) is 10.1. The molecule has 2 heterocycles. The number of imide groups is 1. The Morgan fingerprint density at radius 2 is 1.80 bits per heavy atom. The van der Waals surface area contributed by atoms with Gasteiger partial charge in [0.05, 0.1) is 25.2 Å². The third kappa shape index (κ3) is 5.66. The Kier molecular flexibility index (Phi) is 7.43. The van der Waals surface area contributed by atoms with Crippen molar-refractivity contribution in [3.63, 3.8) is 0 Å². The number of carbonyl (C=O) groups is 3. The van der Waals surface area contributed by atoms with E-state index in [2.05, 4.69) is 0 Å². The molecule has 0 unspecified atom stereocenters. The first-order valence-electron chi connectivity index (χ1n) is 10.6. The molecule has 0 spiro atoms. The second-order valence-electron chi connectivity index (χ2n) is 7.52. The van der Waals surface area contributed by atoms with E-state index in [1.807, 2.05) is 0 Å². The minimum Gasteiger partial charge on any atom is -0.493 e. The molecule has 0 saturated carbocycles. The lowest BCUT2D eigenvalue weighted by Crippen LogP contribution is -2.46. The number of carbonyl (C=O) groups excluding carboxylic acids is 3. The van der Waals surface area contributed by atoms with Gasteiger partial charge in [0.1, 0.15) is 11.4 Å². The number of methoxy groups -OCH3 is 1. The molecular formula is C23H22N2O8S2. The highest BCUT2D eigenvalue weighted by atomic mass is 32.2. The van der Waals surface area contributed by atoms with E-state index in [4.69, 9.17) is 13.7 Å². The van der Waals surface area contributed by atoms with Crippen LogP contribution in [0.3, 0.4) is 0 Å². The predicted octanol–water partition coefficient (Wildman–Crippen LogP) is 2.36. The molecule has 2 saturated heterocycles. The third-order valence-electron chi connectivity index (χ3n) is 5.25. The molecule has 2 aromatic rings. The summed E-state index contributed by atoms with van der Waals surface area (Å²) in [4.78, 5) is 40.3. The van der Waals surface area contributed by atoms with E-state index in [-0.39, 0.29) is 33.8 Å². The molecule has 2 fully saturated rings. The normalized spacial score (nSPS) is 17.7. The lowest BCUT2D eigenvalue weighted by molar-refractivity contribution is -0.139. The monoisotopic (exact) mass is 518 g/mol.